The van der Waals surface area contributed by atoms with Crippen LogP contribution in [0, 0.1) is 5.41 Å². The molecule has 0 aromatic carbocycles. The molecule has 0 aliphatic carbocycles. The summed E-state index contributed by atoms with van der Waals surface area (Å²) in [4.78, 5) is 0. The first-order valence-electron chi connectivity index (χ1n) is 3.75. The molecule has 0 fully saturated rings. The van der Waals surface area contributed by atoms with Crippen molar-refractivity contribution in [2.24, 2.45) is 11.1 Å². The van der Waals surface area contributed by atoms with E-state index in [4.69, 9.17) is 5.73 Å². The van der Waals surface area contributed by atoms with Gasteiger partial charge in [-0.2, -0.15) is 0 Å². The molecule has 2 nitrogen and oxygen atoms in total. The third-order valence-electron chi connectivity index (χ3n) is 2.36. The van der Waals surface area contributed by atoms with Gasteiger partial charge < -0.3 is 11.1 Å². The minimum absolute atomic E-state index is 0.115. The van der Waals surface area contributed by atoms with E-state index in [-0.39, 0.29) is 11.0 Å². The molecular weight excluding hydrogens is 124 g/mol. The molecule has 0 bridgehead atoms. The summed E-state index contributed by atoms with van der Waals surface area (Å²) in [5.41, 5.74) is 6.00. The fraction of sp³-hybridized carbons (Fsp3) is 1.00. The van der Waals surface area contributed by atoms with Gasteiger partial charge >= 0.3 is 0 Å². The van der Waals surface area contributed by atoms with Crippen LogP contribution in [-0.4, -0.2) is 19.1 Å². The predicted molar refractivity (Wildman–Crippen MR) is 46.0 cm³/mol. The maximum Gasteiger partial charge on any atom is 0.0161 e. The Hall–Kier alpha value is -0.0800. The summed E-state index contributed by atoms with van der Waals surface area (Å²) in [5.74, 6) is 0. The Balaban J connectivity index is 4.10. The van der Waals surface area contributed by atoms with Gasteiger partial charge in [0.25, 0.3) is 0 Å². The lowest BCUT2D eigenvalue weighted by Crippen LogP contribution is -2.51. The molecule has 0 aromatic heterocycles. The summed E-state index contributed by atoms with van der Waals surface area (Å²) in [6.07, 6.45) is 0. The van der Waals surface area contributed by atoms with E-state index in [0.29, 0.717) is 0 Å². The van der Waals surface area contributed by atoms with Gasteiger partial charge in [0.15, 0.2) is 0 Å². The molecule has 0 aliphatic heterocycles. The van der Waals surface area contributed by atoms with E-state index in [2.05, 4.69) is 33.0 Å². The highest BCUT2D eigenvalue weighted by Gasteiger charge is 2.32. The molecule has 3 N–H and O–H groups in total. The van der Waals surface area contributed by atoms with E-state index in [1.807, 2.05) is 7.05 Å². The van der Waals surface area contributed by atoms with Crippen molar-refractivity contribution in [3.8, 4) is 0 Å². The van der Waals surface area contributed by atoms with Gasteiger partial charge in [-0.15, -0.1) is 0 Å². The number of rotatable bonds is 3. The first-order chi connectivity index (χ1) is 4.31. The van der Waals surface area contributed by atoms with Gasteiger partial charge in [0.05, 0.1) is 0 Å². The predicted octanol–water partition coefficient (Wildman–Crippen LogP) is 0.969. The Labute approximate surface area is 64.2 Å². The summed E-state index contributed by atoms with van der Waals surface area (Å²) in [5, 5.41) is 3.13. The second kappa shape index (κ2) is 2.89. The smallest absolute Gasteiger partial charge is 0.0161 e. The lowest BCUT2D eigenvalue weighted by molar-refractivity contribution is 0.200. The molecule has 62 valence electrons. The summed E-state index contributed by atoms with van der Waals surface area (Å²) in [7, 11) is 1.95. The zero-order valence-corrected chi connectivity index (χ0v) is 7.78. The van der Waals surface area contributed by atoms with Crippen molar-refractivity contribution in [2.75, 3.05) is 13.6 Å². The van der Waals surface area contributed by atoms with E-state index in [1.54, 1.807) is 0 Å². The monoisotopic (exact) mass is 144 g/mol. The summed E-state index contributed by atoms with van der Waals surface area (Å²) < 4.78 is 0. The molecule has 0 saturated carbocycles. The largest absolute Gasteiger partial charge is 0.325 e. The van der Waals surface area contributed by atoms with Gasteiger partial charge in [-0.25, -0.2) is 0 Å². The number of hydrogen-bond acceptors (Lipinski definition) is 2. The summed E-state index contributed by atoms with van der Waals surface area (Å²) in [6.45, 7) is 9.41. The van der Waals surface area contributed by atoms with Crippen molar-refractivity contribution in [1.82, 2.24) is 5.32 Å². The Kier molecular flexibility index (Phi) is 2.86. The van der Waals surface area contributed by atoms with E-state index in [0.717, 1.165) is 6.54 Å². The van der Waals surface area contributed by atoms with Crippen LogP contribution in [0.2, 0.25) is 0 Å². The average molecular weight is 144 g/mol. The van der Waals surface area contributed by atoms with Crippen LogP contribution in [0.15, 0.2) is 0 Å². The molecule has 2 heteroatoms. The fourth-order valence-electron chi connectivity index (χ4n) is 0.670. The number of nitrogens with one attached hydrogen (secondary N) is 1. The van der Waals surface area contributed by atoms with Crippen LogP contribution < -0.4 is 11.1 Å². The van der Waals surface area contributed by atoms with Crippen molar-refractivity contribution >= 4 is 0 Å². The van der Waals surface area contributed by atoms with Crippen molar-refractivity contribution in [3.05, 3.63) is 0 Å². The fourth-order valence-corrected chi connectivity index (χ4v) is 0.670. The zero-order valence-electron chi connectivity index (χ0n) is 7.78. The van der Waals surface area contributed by atoms with Crippen LogP contribution in [0.5, 0.6) is 0 Å². The van der Waals surface area contributed by atoms with E-state index in [1.165, 1.54) is 0 Å². The van der Waals surface area contributed by atoms with Gasteiger partial charge in [0, 0.05) is 12.1 Å². The molecule has 0 unspecified atom stereocenters. The third-order valence-corrected chi connectivity index (χ3v) is 2.36. The quantitative estimate of drug-likeness (QED) is 0.619. The standard InChI is InChI=1S/C8H20N2/c1-7(2,6-10-5)8(3,4)9/h10H,6,9H2,1-5H3. The van der Waals surface area contributed by atoms with Crippen LogP contribution in [0.4, 0.5) is 0 Å². The van der Waals surface area contributed by atoms with Crippen molar-refractivity contribution in [2.45, 2.75) is 33.2 Å². The highest BCUT2D eigenvalue weighted by Crippen LogP contribution is 2.26. The van der Waals surface area contributed by atoms with Gasteiger partial charge in [-0.1, -0.05) is 13.8 Å². The Morgan fingerprint density at radius 1 is 1.20 bits per heavy atom. The van der Waals surface area contributed by atoms with Crippen LogP contribution in [0.25, 0.3) is 0 Å². The molecule has 0 aromatic rings. The molecule has 10 heavy (non-hydrogen) atoms. The van der Waals surface area contributed by atoms with Crippen LogP contribution in [0.3, 0.4) is 0 Å². The van der Waals surface area contributed by atoms with E-state index < -0.39 is 0 Å². The van der Waals surface area contributed by atoms with Gasteiger partial charge in [0.2, 0.25) is 0 Å². The first kappa shape index (κ1) is 9.92. The van der Waals surface area contributed by atoms with Gasteiger partial charge in [0.1, 0.15) is 0 Å². The molecule has 0 radical (unpaired) electrons. The Morgan fingerprint density at radius 2 is 1.60 bits per heavy atom. The van der Waals surface area contributed by atoms with Crippen molar-refractivity contribution < 1.29 is 0 Å². The molecule has 0 atom stereocenters. The molecule has 0 rings (SSSR count). The number of hydrogen-bond donors (Lipinski definition) is 2. The second-order valence-corrected chi connectivity index (χ2v) is 4.14. The Morgan fingerprint density at radius 3 is 1.70 bits per heavy atom. The Bertz CT molecular complexity index is 100. The van der Waals surface area contributed by atoms with Crippen LogP contribution in [-0.2, 0) is 0 Å². The maximum atomic E-state index is 5.96. The van der Waals surface area contributed by atoms with Crippen LogP contribution >= 0.6 is 0 Å². The normalized spacial score (nSPS) is 13.8. The van der Waals surface area contributed by atoms with Crippen molar-refractivity contribution in [1.29, 1.82) is 0 Å². The highest BCUT2D eigenvalue weighted by molar-refractivity contribution is 4.90. The lowest BCUT2D eigenvalue weighted by atomic mass is 9.75. The summed E-state index contributed by atoms with van der Waals surface area (Å²) in [6, 6.07) is 0. The average Bonchev–Trinajstić information content (AvgIpc) is 1.61. The second-order valence-electron chi connectivity index (χ2n) is 4.14. The number of nitrogens with two attached hydrogens (primary N) is 1. The molecule has 0 aliphatic rings. The minimum atomic E-state index is -0.115. The van der Waals surface area contributed by atoms with E-state index in [9.17, 15) is 0 Å². The van der Waals surface area contributed by atoms with Gasteiger partial charge in [-0.05, 0) is 26.3 Å². The molecule has 0 saturated heterocycles. The first-order valence-corrected chi connectivity index (χ1v) is 3.75. The lowest BCUT2D eigenvalue weighted by Gasteiger charge is -2.38. The highest BCUT2D eigenvalue weighted by atomic mass is 14.9. The van der Waals surface area contributed by atoms with Gasteiger partial charge in [-0.3, -0.25) is 0 Å². The molecule has 0 heterocycles. The SMILES string of the molecule is CNCC(C)(C)C(C)(C)N. The van der Waals surface area contributed by atoms with Crippen LogP contribution in [0.1, 0.15) is 27.7 Å². The third kappa shape index (κ3) is 2.27. The molecular formula is C8H20N2. The molecule has 0 spiro atoms. The zero-order chi connectivity index (χ0) is 8.41. The maximum absolute atomic E-state index is 5.96. The molecule has 0 amide bonds. The summed E-state index contributed by atoms with van der Waals surface area (Å²) >= 11 is 0. The topological polar surface area (TPSA) is 38.0 Å². The van der Waals surface area contributed by atoms with Crippen molar-refractivity contribution in [3.63, 3.8) is 0 Å². The van der Waals surface area contributed by atoms with E-state index >= 15 is 0 Å². The minimum Gasteiger partial charge on any atom is -0.325 e.